The lowest BCUT2D eigenvalue weighted by atomic mass is 10.0. The molecule has 0 bridgehead atoms. The van der Waals surface area contributed by atoms with Crippen LogP contribution < -0.4 is 5.32 Å². The van der Waals surface area contributed by atoms with Crippen LogP contribution in [0, 0.1) is 0 Å². The lowest BCUT2D eigenvalue weighted by Crippen LogP contribution is -2.22. The van der Waals surface area contributed by atoms with Gasteiger partial charge in [0.15, 0.2) is 0 Å². The molecule has 0 spiro atoms. The highest BCUT2D eigenvalue weighted by Crippen LogP contribution is 2.32. The summed E-state index contributed by atoms with van der Waals surface area (Å²) < 4.78 is 0. The van der Waals surface area contributed by atoms with Crippen LogP contribution in [0.3, 0.4) is 0 Å². The quantitative estimate of drug-likeness (QED) is 0.855. The van der Waals surface area contributed by atoms with Gasteiger partial charge in [-0.15, -0.1) is 0 Å². The van der Waals surface area contributed by atoms with Crippen LogP contribution in [0.5, 0.6) is 0 Å². The van der Waals surface area contributed by atoms with E-state index in [1.54, 1.807) is 0 Å². The van der Waals surface area contributed by atoms with Crippen molar-refractivity contribution >= 4 is 11.6 Å². The first-order valence-corrected chi connectivity index (χ1v) is 7.21. The Balaban J connectivity index is 1.76. The van der Waals surface area contributed by atoms with Crippen LogP contribution in [0.1, 0.15) is 42.1 Å². The molecule has 0 radical (unpaired) electrons. The summed E-state index contributed by atoms with van der Waals surface area (Å²) >= 11 is 6.06. The molecule has 19 heavy (non-hydrogen) atoms. The van der Waals surface area contributed by atoms with E-state index < -0.39 is 0 Å². The highest BCUT2D eigenvalue weighted by Gasteiger charge is 2.23. The summed E-state index contributed by atoms with van der Waals surface area (Å²) in [7, 11) is 0. The maximum Gasteiger partial charge on any atom is 0.0409 e. The topological polar surface area (TPSA) is 12.0 Å². The number of hydrogen-bond donors (Lipinski definition) is 1. The molecule has 1 unspecified atom stereocenters. The third-order valence-corrected chi connectivity index (χ3v) is 4.17. The maximum absolute atomic E-state index is 6.06. The molecular weight excluding hydrogens is 254 g/mol. The standard InChI is InChI=1S/C17H18ClN/c1-12(14-6-4-7-15(18)11-14)19-17-10-9-13-5-2-3-8-16(13)17/h2-8,11-12,17,19H,9-10H2,1H3/t12-,17?/m1/s1. The molecular formula is C17H18ClN. The van der Waals surface area contributed by atoms with E-state index in [-0.39, 0.29) is 0 Å². The maximum atomic E-state index is 6.06. The summed E-state index contributed by atoms with van der Waals surface area (Å²) in [5, 5.41) is 4.52. The Morgan fingerprint density at radius 1 is 1.16 bits per heavy atom. The molecule has 1 aliphatic rings. The van der Waals surface area contributed by atoms with Gasteiger partial charge in [-0.3, -0.25) is 0 Å². The summed E-state index contributed by atoms with van der Waals surface area (Å²) in [5.41, 5.74) is 4.19. The van der Waals surface area contributed by atoms with Gasteiger partial charge in [-0.25, -0.2) is 0 Å². The van der Waals surface area contributed by atoms with Crippen molar-refractivity contribution in [3.8, 4) is 0 Å². The molecule has 98 valence electrons. The van der Waals surface area contributed by atoms with Gasteiger partial charge in [0.2, 0.25) is 0 Å². The van der Waals surface area contributed by atoms with E-state index in [1.165, 1.54) is 29.5 Å². The minimum atomic E-state index is 0.315. The SMILES string of the molecule is C[C@@H](NC1CCc2ccccc21)c1cccc(Cl)c1. The van der Waals surface area contributed by atoms with Gasteiger partial charge >= 0.3 is 0 Å². The molecule has 0 heterocycles. The molecule has 0 aliphatic heterocycles. The fourth-order valence-electron chi connectivity index (χ4n) is 2.90. The van der Waals surface area contributed by atoms with Crippen LogP contribution in [-0.4, -0.2) is 0 Å². The van der Waals surface area contributed by atoms with Crippen LogP contribution >= 0.6 is 11.6 Å². The van der Waals surface area contributed by atoms with Crippen LogP contribution in [-0.2, 0) is 6.42 Å². The molecule has 3 rings (SSSR count). The molecule has 1 N–H and O–H groups in total. The minimum absolute atomic E-state index is 0.315. The normalized spacial score (nSPS) is 19.2. The predicted molar refractivity (Wildman–Crippen MR) is 80.5 cm³/mol. The predicted octanol–water partition coefficient (Wildman–Crippen LogP) is 4.68. The highest BCUT2D eigenvalue weighted by atomic mass is 35.5. The molecule has 0 saturated heterocycles. The first-order chi connectivity index (χ1) is 9.24. The highest BCUT2D eigenvalue weighted by molar-refractivity contribution is 6.30. The summed E-state index contributed by atoms with van der Waals surface area (Å²) in [6.07, 6.45) is 2.36. The summed E-state index contributed by atoms with van der Waals surface area (Å²) in [6.45, 7) is 2.20. The molecule has 2 aromatic rings. The average molecular weight is 272 g/mol. The molecule has 2 atom stereocenters. The Kier molecular flexibility index (Phi) is 3.58. The lowest BCUT2D eigenvalue weighted by molar-refractivity contribution is 0.465. The molecule has 2 heteroatoms. The van der Waals surface area contributed by atoms with E-state index in [2.05, 4.69) is 42.6 Å². The van der Waals surface area contributed by atoms with Crippen molar-refractivity contribution < 1.29 is 0 Å². The minimum Gasteiger partial charge on any atom is -0.303 e. The molecule has 2 aromatic carbocycles. The van der Waals surface area contributed by atoms with Gasteiger partial charge in [-0.2, -0.15) is 0 Å². The van der Waals surface area contributed by atoms with Gasteiger partial charge < -0.3 is 5.32 Å². The van der Waals surface area contributed by atoms with E-state index in [4.69, 9.17) is 11.6 Å². The van der Waals surface area contributed by atoms with Crippen molar-refractivity contribution in [1.82, 2.24) is 5.32 Å². The van der Waals surface area contributed by atoms with Crippen LogP contribution in [0.15, 0.2) is 48.5 Å². The van der Waals surface area contributed by atoms with E-state index >= 15 is 0 Å². The van der Waals surface area contributed by atoms with Gasteiger partial charge in [0.05, 0.1) is 0 Å². The Morgan fingerprint density at radius 3 is 2.84 bits per heavy atom. The van der Waals surface area contributed by atoms with Crippen LogP contribution in [0.2, 0.25) is 5.02 Å². The Labute approximate surface area is 119 Å². The number of aryl methyl sites for hydroxylation is 1. The summed E-state index contributed by atoms with van der Waals surface area (Å²) in [4.78, 5) is 0. The van der Waals surface area contributed by atoms with Crippen LogP contribution in [0.25, 0.3) is 0 Å². The van der Waals surface area contributed by atoms with Gasteiger partial charge in [0, 0.05) is 17.1 Å². The molecule has 0 fully saturated rings. The Hall–Kier alpha value is -1.31. The number of benzene rings is 2. The molecule has 0 saturated carbocycles. The molecule has 0 amide bonds. The number of hydrogen-bond acceptors (Lipinski definition) is 1. The van der Waals surface area contributed by atoms with Crippen molar-refractivity contribution in [2.75, 3.05) is 0 Å². The number of fused-ring (bicyclic) bond motifs is 1. The number of halogens is 1. The number of rotatable bonds is 3. The van der Waals surface area contributed by atoms with Crippen molar-refractivity contribution in [3.63, 3.8) is 0 Å². The van der Waals surface area contributed by atoms with Gasteiger partial charge in [-0.1, -0.05) is 48.0 Å². The largest absolute Gasteiger partial charge is 0.303 e. The first kappa shape index (κ1) is 12.7. The Morgan fingerprint density at radius 2 is 2.00 bits per heavy atom. The fraction of sp³-hybridized carbons (Fsp3) is 0.294. The third-order valence-electron chi connectivity index (χ3n) is 3.93. The second-order valence-electron chi connectivity index (χ2n) is 5.23. The van der Waals surface area contributed by atoms with Gasteiger partial charge in [-0.05, 0) is 48.6 Å². The van der Waals surface area contributed by atoms with E-state index in [1.807, 2.05) is 18.2 Å². The summed E-state index contributed by atoms with van der Waals surface area (Å²) in [5.74, 6) is 0. The van der Waals surface area contributed by atoms with Crippen molar-refractivity contribution in [2.45, 2.75) is 31.8 Å². The Bertz CT molecular complexity index is 579. The summed E-state index contributed by atoms with van der Waals surface area (Å²) in [6, 6.07) is 17.6. The lowest BCUT2D eigenvalue weighted by Gasteiger charge is -2.21. The van der Waals surface area contributed by atoms with Crippen LogP contribution in [0.4, 0.5) is 0 Å². The fourth-order valence-corrected chi connectivity index (χ4v) is 3.10. The van der Waals surface area contributed by atoms with E-state index in [0.29, 0.717) is 12.1 Å². The monoisotopic (exact) mass is 271 g/mol. The van der Waals surface area contributed by atoms with Crippen molar-refractivity contribution in [3.05, 3.63) is 70.2 Å². The zero-order valence-corrected chi connectivity index (χ0v) is 11.8. The zero-order valence-electron chi connectivity index (χ0n) is 11.1. The third kappa shape index (κ3) is 2.68. The number of nitrogens with one attached hydrogen (secondary N) is 1. The second-order valence-corrected chi connectivity index (χ2v) is 5.67. The van der Waals surface area contributed by atoms with Gasteiger partial charge in [0.25, 0.3) is 0 Å². The van der Waals surface area contributed by atoms with E-state index in [0.717, 1.165) is 5.02 Å². The molecule has 0 aromatic heterocycles. The van der Waals surface area contributed by atoms with E-state index in [9.17, 15) is 0 Å². The van der Waals surface area contributed by atoms with Gasteiger partial charge in [0.1, 0.15) is 0 Å². The average Bonchev–Trinajstić information content (AvgIpc) is 2.82. The first-order valence-electron chi connectivity index (χ1n) is 6.83. The second kappa shape index (κ2) is 5.36. The zero-order chi connectivity index (χ0) is 13.2. The molecule has 1 aliphatic carbocycles. The van der Waals surface area contributed by atoms with Crippen molar-refractivity contribution in [2.24, 2.45) is 0 Å². The van der Waals surface area contributed by atoms with Crippen molar-refractivity contribution in [1.29, 1.82) is 0 Å². The smallest absolute Gasteiger partial charge is 0.0409 e. The molecule has 1 nitrogen and oxygen atoms in total.